The number of hydrogen-bond donors (Lipinski definition) is 4. The molecule has 0 aliphatic carbocycles. The molecular weight excluding hydrogens is 334 g/mol. The van der Waals surface area contributed by atoms with Crippen LogP contribution in [0, 0.1) is 0 Å². The van der Waals surface area contributed by atoms with Gasteiger partial charge in [-0.05, 0) is 18.6 Å². The second kappa shape index (κ2) is 8.20. The first kappa shape index (κ1) is 18.2. The van der Waals surface area contributed by atoms with E-state index >= 15 is 0 Å². The van der Waals surface area contributed by atoms with Crippen LogP contribution >= 0.6 is 0 Å². The molecule has 2 heterocycles. The largest absolute Gasteiger partial charge is 0.480 e. The Morgan fingerprint density at radius 3 is 2.46 bits per heavy atom. The maximum absolute atomic E-state index is 11.4. The number of piperazine rings is 1. The molecule has 2 aliphatic heterocycles. The van der Waals surface area contributed by atoms with Crippen LogP contribution in [0.15, 0.2) is 42.2 Å². The van der Waals surface area contributed by atoms with Gasteiger partial charge in [-0.2, -0.15) is 0 Å². The van der Waals surface area contributed by atoms with Crippen molar-refractivity contribution >= 4 is 17.6 Å². The van der Waals surface area contributed by atoms with Crippen LogP contribution in [-0.4, -0.2) is 71.6 Å². The number of carboxylic acid groups (broad SMARTS) is 1. The fraction of sp³-hybridized carbons (Fsp3) is 0.444. The number of benzene rings is 1. The van der Waals surface area contributed by atoms with Crippen LogP contribution in [0.1, 0.15) is 6.42 Å². The Morgan fingerprint density at radius 1 is 1.19 bits per heavy atom. The summed E-state index contributed by atoms with van der Waals surface area (Å²) in [6.07, 6.45) is 2.04. The summed E-state index contributed by atoms with van der Waals surface area (Å²) in [4.78, 5) is 26.9. The van der Waals surface area contributed by atoms with Gasteiger partial charge < -0.3 is 26.4 Å². The van der Waals surface area contributed by atoms with E-state index in [1.807, 2.05) is 30.3 Å². The summed E-state index contributed by atoms with van der Waals surface area (Å²) in [6, 6.07) is 9.43. The van der Waals surface area contributed by atoms with E-state index in [1.54, 1.807) is 0 Å². The minimum atomic E-state index is -0.787. The zero-order chi connectivity index (χ0) is 18.5. The highest BCUT2D eigenvalue weighted by molar-refractivity contribution is 5.87. The molecule has 0 saturated carbocycles. The molecule has 2 fully saturated rings. The average Bonchev–Trinajstić information content (AvgIpc) is 3.12. The van der Waals surface area contributed by atoms with Gasteiger partial charge >= 0.3 is 5.97 Å². The molecule has 1 amide bonds. The van der Waals surface area contributed by atoms with E-state index in [0.29, 0.717) is 18.8 Å². The molecule has 8 heteroatoms. The minimum Gasteiger partial charge on any atom is -0.480 e. The lowest BCUT2D eigenvalue weighted by molar-refractivity contribution is -0.139. The van der Waals surface area contributed by atoms with Gasteiger partial charge in [-0.25, -0.2) is 0 Å². The first-order chi connectivity index (χ1) is 12.5. The van der Waals surface area contributed by atoms with Crippen molar-refractivity contribution in [1.82, 2.24) is 15.1 Å². The van der Waals surface area contributed by atoms with Gasteiger partial charge in [0.15, 0.2) is 0 Å². The predicted molar refractivity (Wildman–Crippen MR) is 98.3 cm³/mol. The Kier molecular flexibility index (Phi) is 5.75. The fourth-order valence-electron chi connectivity index (χ4n) is 3.52. The molecule has 2 atom stereocenters. The Labute approximate surface area is 152 Å². The number of anilines is 1. The van der Waals surface area contributed by atoms with Crippen molar-refractivity contribution in [3.63, 3.8) is 0 Å². The van der Waals surface area contributed by atoms with Crippen molar-refractivity contribution in [2.75, 3.05) is 38.0 Å². The normalized spacial score (nSPS) is 24.5. The summed E-state index contributed by atoms with van der Waals surface area (Å²) in [7, 11) is 0. The first-order valence-corrected chi connectivity index (χ1v) is 8.81. The van der Waals surface area contributed by atoms with Crippen molar-refractivity contribution < 1.29 is 14.7 Å². The van der Waals surface area contributed by atoms with Gasteiger partial charge in [-0.3, -0.25) is 14.5 Å². The van der Waals surface area contributed by atoms with Crippen molar-refractivity contribution in [2.24, 2.45) is 5.73 Å². The van der Waals surface area contributed by atoms with E-state index in [2.05, 4.69) is 20.4 Å². The number of carbonyl (C=O) groups excluding carboxylic acids is 1. The number of primary amides is 1. The summed E-state index contributed by atoms with van der Waals surface area (Å²) in [5, 5.41) is 15.4. The highest BCUT2D eigenvalue weighted by Crippen LogP contribution is 2.19. The van der Waals surface area contributed by atoms with Gasteiger partial charge in [0.2, 0.25) is 5.91 Å². The lowest BCUT2D eigenvalue weighted by Gasteiger charge is -2.39. The van der Waals surface area contributed by atoms with Crippen LogP contribution in [0.25, 0.3) is 0 Å². The topological polar surface area (TPSA) is 111 Å². The number of para-hydroxylation sites is 1. The summed E-state index contributed by atoms with van der Waals surface area (Å²) >= 11 is 0. The number of amides is 1. The zero-order valence-electron chi connectivity index (χ0n) is 14.6. The van der Waals surface area contributed by atoms with E-state index in [9.17, 15) is 9.59 Å². The third-order valence-electron chi connectivity index (χ3n) is 4.90. The molecule has 0 bridgehead atoms. The molecule has 0 radical (unpaired) electrons. The Morgan fingerprint density at radius 2 is 1.88 bits per heavy atom. The number of carbonyl (C=O) groups is 2. The summed E-state index contributed by atoms with van der Waals surface area (Å²) < 4.78 is 0. The van der Waals surface area contributed by atoms with Gasteiger partial charge in [-0.1, -0.05) is 18.2 Å². The van der Waals surface area contributed by atoms with Crippen molar-refractivity contribution in [3.8, 4) is 0 Å². The maximum Gasteiger partial charge on any atom is 0.320 e. The number of nitrogens with zero attached hydrogens (tertiary/aromatic N) is 2. The number of carboxylic acids is 1. The SMILES string of the molecule is NC(=O)/C=C(\Nc1ccccc1)N1CCN(C2CNC(C(=O)O)C2)CC1. The van der Waals surface area contributed by atoms with E-state index in [4.69, 9.17) is 10.8 Å². The molecule has 5 N–H and O–H groups in total. The van der Waals surface area contributed by atoms with E-state index in [1.165, 1.54) is 6.08 Å². The molecule has 26 heavy (non-hydrogen) atoms. The second-order valence-electron chi connectivity index (χ2n) is 6.63. The van der Waals surface area contributed by atoms with Gasteiger partial charge in [-0.15, -0.1) is 0 Å². The monoisotopic (exact) mass is 359 g/mol. The highest BCUT2D eigenvalue weighted by Gasteiger charge is 2.34. The fourth-order valence-corrected chi connectivity index (χ4v) is 3.52. The maximum atomic E-state index is 11.4. The minimum absolute atomic E-state index is 0.240. The average molecular weight is 359 g/mol. The van der Waals surface area contributed by atoms with Gasteiger partial charge in [0.05, 0.1) is 0 Å². The molecular formula is C18H25N5O3. The molecule has 3 rings (SSSR count). The van der Waals surface area contributed by atoms with Crippen LogP contribution in [0.3, 0.4) is 0 Å². The molecule has 8 nitrogen and oxygen atoms in total. The van der Waals surface area contributed by atoms with Crippen LogP contribution < -0.4 is 16.4 Å². The van der Waals surface area contributed by atoms with Crippen molar-refractivity contribution in [2.45, 2.75) is 18.5 Å². The molecule has 0 aromatic heterocycles. The van der Waals surface area contributed by atoms with E-state index < -0.39 is 17.9 Å². The molecule has 1 aromatic carbocycles. The third kappa shape index (κ3) is 4.53. The van der Waals surface area contributed by atoms with Crippen LogP contribution in [0.5, 0.6) is 0 Å². The number of nitrogens with one attached hydrogen (secondary N) is 2. The van der Waals surface area contributed by atoms with E-state index in [-0.39, 0.29) is 6.04 Å². The van der Waals surface area contributed by atoms with Crippen LogP contribution in [-0.2, 0) is 9.59 Å². The molecule has 140 valence electrons. The summed E-state index contributed by atoms with van der Waals surface area (Å²) in [6.45, 7) is 3.81. The third-order valence-corrected chi connectivity index (χ3v) is 4.90. The van der Waals surface area contributed by atoms with Gasteiger partial charge in [0.1, 0.15) is 11.9 Å². The second-order valence-corrected chi connectivity index (χ2v) is 6.63. The molecule has 2 aliphatic rings. The highest BCUT2D eigenvalue weighted by atomic mass is 16.4. The summed E-state index contributed by atoms with van der Waals surface area (Å²) in [5.41, 5.74) is 6.26. The predicted octanol–water partition coefficient (Wildman–Crippen LogP) is -0.142. The molecule has 2 saturated heterocycles. The number of rotatable bonds is 6. The molecule has 0 spiro atoms. The Balaban J connectivity index is 1.59. The standard InChI is InChI=1S/C18H25N5O3/c19-16(24)11-17(21-13-4-2-1-3-5-13)23-8-6-22(7-9-23)14-10-15(18(25)26)20-12-14/h1-5,11,14-15,20-21H,6-10,12H2,(H2,19,24)(H,25,26)/b17-11+. The Hall–Kier alpha value is -2.58. The Bertz CT molecular complexity index is 671. The smallest absolute Gasteiger partial charge is 0.320 e. The van der Waals surface area contributed by atoms with Crippen molar-refractivity contribution in [3.05, 3.63) is 42.2 Å². The number of hydrogen-bond acceptors (Lipinski definition) is 6. The zero-order valence-corrected chi connectivity index (χ0v) is 14.6. The van der Waals surface area contributed by atoms with Gasteiger partial charge in [0.25, 0.3) is 0 Å². The van der Waals surface area contributed by atoms with E-state index in [0.717, 1.165) is 31.9 Å². The number of aliphatic carboxylic acids is 1. The lowest BCUT2D eigenvalue weighted by atomic mass is 10.1. The first-order valence-electron chi connectivity index (χ1n) is 8.81. The van der Waals surface area contributed by atoms with Crippen LogP contribution in [0.2, 0.25) is 0 Å². The van der Waals surface area contributed by atoms with Gasteiger partial charge in [0, 0.05) is 50.5 Å². The quantitative estimate of drug-likeness (QED) is 0.523. The summed E-state index contributed by atoms with van der Waals surface area (Å²) in [5.74, 6) is -0.587. The molecule has 2 unspecified atom stereocenters. The number of nitrogens with two attached hydrogens (primary N) is 1. The lowest BCUT2D eigenvalue weighted by Crippen LogP contribution is -2.51. The van der Waals surface area contributed by atoms with Crippen molar-refractivity contribution in [1.29, 1.82) is 0 Å². The van der Waals surface area contributed by atoms with Crippen LogP contribution in [0.4, 0.5) is 5.69 Å². The molecule has 1 aromatic rings.